The highest BCUT2D eigenvalue weighted by Crippen LogP contribution is 2.27. The van der Waals surface area contributed by atoms with E-state index in [1.807, 2.05) is 36.9 Å². The van der Waals surface area contributed by atoms with Crippen molar-refractivity contribution in [1.82, 2.24) is 19.6 Å². The highest BCUT2D eigenvalue weighted by atomic mass is 16.5. The number of anilines is 1. The number of benzene rings is 1. The van der Waals surface area contributed by atoms with E-state index >= 15 is 0 Å². The normalized spacial score (nSPS) is 15.0. The van der Waals surface area contributed by atoms with Crippen LogP contribution in [0.2, 0.25) is 0 Å². The molecule has 0 N–H and O–H groups in total. The van der Waals surface area contributed by atoms with Crippen molar-refractivity contribution in [3.05, 3.63) is 46.4 Å². The molecule has 0 aliphatic carbocycles. The van der Waals surface area contributed by atoms with Gasteiger partial charge in [0.1, 0.15) is 5.69 Å². The van der Waals surface area contributed by atoms with E-state index in [1.54, 1.807) is 24.0 Å². The standard InChI is InChI=1S/C20H22N6O2/c1-20(2,13-21)15-5-4-14-12-22-26(16(14)10-15)18-11-17(19(27)24(3)23-18)25-6-8-28-9-7-25/h4-5,10-12H,6-9H2,1-3H3. The molecule has 1 saturated heterocycles. The van der Waals surface area contributed by atoms with E-state index in [2.05, 4.69) is 16.3 Å². The molecule has 0 bridgehead atoms. The van der Waals surface area contributed by atoms with Gasteiger partial charge in [0.25, 0.3) is 5.56 Å². The predicted molar refractivity (Wildman–Crippen MR) is 106 cm³/mol. The third kappa shape index (κ3) is 3.04. The first-order valence-electron chi connectivity index (χ1n) is 9.22. The highest BCUT2D eigenvalue weighted by Gasteiger charge is 2.22. The summed E-state index contributed by atoms with van der Waals surface area (Å²) >= 11 is 0. The van der Waals surface area contributed by atoms with Crippen LogP contribution in [0.5, 0.6) is 0 Å². The minimum Gasteiger partial charge on any atom is -0.378 e. The summed E-state index contributed by atoms with van der Waals surface area (Å²) in [5.41, 5.74) is 1.59. The summed E-state index contributed by atoms with van der Waals surface area (Å²) in [6, 6.07) is 9.98. The summed E-state index contributed by atoms with van der Waals surface area (Å²) in [5, 5.41) is 19.3. The zero-order valence-corrected chi connectivity index (χ0v) is 16.2. The summed E-state index contributed by atoms with van der Waals surface area (Å²) in [4.78, 5) is 14.7. The zero-order chi connectivity index (χ0) is 19.9. The van der Waals surface area contributed by atoms with Gasteiger partial charge in [-0.2, -0.15) is 10.4 Å². The van der Waals surface area contributed by atoms with Gasteiger partial charge >= 0.3 is 0 Å². The Morgan fingerprint density at radius 2 is 1.96 bits per heavy atom. The highest BCUT2D eigenvalue weighted by molar-refractivity contribution is 5.81. The van der Waals surface area contributed by atoms with Crippen molar-refractivity contribution >= 4 is 16.6 Å². The molecule has 1 fully saturated rings. The van der Waals surface area contributed by atoms with Crippen molar-refractivity contribution in [3.63, 3.8) is 0 Å². The first-order chi connectivity index (χ1) is 13.4. The van der Waals surface area contributed by atoms with E-state index in [9.17, 15) is 10.1 Å². The predicted octanol–water partition coefficient (Wildman–Crippen LogP) is 1.76. The fourth-order valence-electron chi connectivity index (χ4n) is 3.37. The van der Waals surface area contributed by atoms with Gasteiger partial charge in [-0.25, -0.2) is 9.36 Å². The Bertz CT molecular complexity index is 1130. The van der Waals surface area contributed by atoms with E-state index < -0.39 is 5.41 Å². The molecular formula is C20H22N6O2. The molecule has 2 aromatic heterocycles. The van der Waals surface area contributed by atoms with Crippen LogP contribution in [0.25, 0.3) is 16.7 Å². The number of rotatable bonds is 3. The number of hydrogen-bond acceptors (Lipinski definition) is 6. The lowest BCUT2D eigenvalue weighted by atomic mass is 9.86. The Balaban J connectivity index is 1.86. The maximum Gasteiger partial charge on any atom is 0.290 e. The molecule has 0 saturated carbocycles. The van der Waals surface area contributed by atoms with Gasteiger partial charge in [-0.05, 0) is 25.5 Å². The number of hydrogen-bond donors (Lipinski definition) is 0. The summed E-state index contributed by atoms with van der Waals surface area (Å²) in [7, 11) is 1.64. The van der Waals surface area contributed by atoms with Crippen LogP contribution >= 0.6 is 0 Å². The van der Waals surface area contributed by atoms with Crippen LogP contribution in [-0.2, 0) is 17.2 Å². The SMILES string of the molecule is Cn1nc(-n2ncc3ccc(C(C)(C)C#N)cc32)cc(N2CCOCC2)c1=O. The van der Waals surface area contributed by atoms with Gasteiger partial charge in [-0.1, -0.05) is 12.1 Å². The van der Waals surface area contributed by atoms with Crippen LogP contribution in [0, 0.1) is 11.3 Å². The van der Waals surface area contributed by atoms with Gasteiger partial charge < -0.3 is 9.64 Å². The molecule has 28 heavy (non-hydrogen) atoms. The van der Waals surface area contributed by atoms with Crippen LogP contribution < -0.4 is 10.5 Å². The number of nitrogens with zero attached hydrogens (tertiary/aromatic N) is 6. The molecule has 0 atom stereocenters. The molecule has 0 spiro atoms. The largest absolute Gasteiger partial charge is 0.378 e. The van der Waals surface area contributed by atoms with Gasteiger partial charge in [-0.15, -0.1) is 5.10 Å². The molecule has 1 aromatic carbocycles. The molecule has 8 nitrogen and oxygen atoms in total. The minimum absolute atomic E-state index is 0.145. The number of nitriles is 1. The van der Waals surface area contributed by atoms with Gasteiger partial charge in [0.2, 0.25) is 0 Å². The van der Waals surface area contributed by atoms with Crippen LogP contribution in [0.4, 0.5) is 5.69 Å². The number of aromatic nitrogens is 4. The molecule has 1 aliphatic rings. The van der Waals surface area contributed by atoms with Crippen molar-refractivity contribution in [1.29, 1.82) is 5.26 Å². The van der Waals surface area contributed by atoms with E-state index in [1.165, 1.54) is 4.68 Å². The molecule has 0 unspecified atom stereocenters. The zero-order valence-electron chi connectivity index (χ0n) is 16.2. The van der Waals surface area contributed by atoms with Crippen LogP contribution in [0.3, 0.4) is 0 Å². The molecular weight excluding hydrogens is 356 g/mol. The smallest absolute Gasteiger partial charge is 0.290 e. The van der Waals surface area contributed by atoms with Crippen molar-refractivity contribution in [2.45, 2.75) is 19.3 Å². The van der Waals surface area contributed by atoms with E-state index in [4.69, 9.17) is 4.74 Å². The molecule has 3 aromatic rings. The minimum atomic E-state index is -0.612. The monoisotopic (exact) mass is 378 g/mol. The van der Waals surface area contributed by atoms with Gasteiger partial charge in [-0.3, -0.25) is 4.79 Å². The fourth-order valence-corrected chi connectivity index (χ4v) is 3.37. The van der Waals surface area contributed by atoms with Crippen molar-refractivity contribution in [2.75, 3.05) is 31.2 Å². The Kier molecular flexibility index (Phi) is 4.40. The number of aryl methyl sites for hydroxylation is 1. The first kappa shape index (κ1) is 18.2. The average Bonchev–Trinajstić information content (AvgIpc) is 3.14. The second-order valence-electron chi connectivity index (χ2n) is 7.48. The summed E-state index contributed by atoms with van der Waals surface area (Å²) < 4.78 is 8.46. The third-order valence-corrected chi connectivity index (χ3v) is 5.17. The molecule has 0 amide bonds. The van der Waals surface area contributed by atoms with E-state index in [-0.39, 0.29) is 5.56 Å². The maximum absolute atomic E-state index is 12.6. The molecule has 1 aliphatic heterocycles. The van der Waals surface area contributed by atoms with Crippen LogP contribution in [0.15, 0.2) is 35.3 Å². The molecule has 4 rings (SSSR count). The lowest BCUT2D eigenvalue weighted by Crippen LogP contribution is -2.40. The summed E-state index contributed by atoms with van der Waals surface area (Å²) in [6.45, 7) is 6.29. The molecule has 0 radical (unpaired) electrons. The molecule has 8 heteroatoms. The lowest BCUT2D eigenvalue weighted by Gasteiger charge is -2.28. The second-order valence-corrected chi connectivity index (χ2v) is 7.48. The fraction of sp³-hybridized carbons (Fsp3) is 0.400. The van der Waals surface area contributed by atoms with Crippen LogP contribution in [-0.4, -0.2) is 45.9 Å². The quantitative estimate of drug-likeness (QED) is 0.690. The third-order valence-electron chi connectivity index (χ3n) is 5.17. The Labute approximate surface area is 162 Å². The summed E-state index contributed by atoms with van der Waals surface area (Å²) in [6.07, 6.45) is 1.76. The van der Waals surface area contributed by atoms with Gasteiger partial charge in [0, 0.05) is 31.6 Å². The Morgan fingerprint density at radius 1 is 1.21 bits per heavy atom. The van der Waals surface area contributed by atoms with Crippen molar-refractivity contribution in [2.24, 2.45) is 7.05 Å². The topological polar surface area (TPSA) is 89.0 Å². The second kappa shape index (κ2) is 6.77. The lowest BCUT2D eigenvalue weighted by molar-refractivity contribution is 0.122. The summed E-state index contributed by atoms with van der Waals surface area (Å²) in [5.74, 6) is 0.561. The Hall–Kier alpha value is -3.18. The van der Waals surface area contributed by atoms with Crippen molar-refractivity contribution < 1.29 is 4.74 Å². The average molecular weight is 378 g/mol. The number of fused-ring (bicyclic) bond motifs is 1. The molecule has 3 heterocycles. The van der Waals surface area contributed by atoms with E-state index in [0.717, 1.165) is 16.5 Å². The van der Waals surface area contributed by atoms with E-state index in [0.29, 0.717) is 37.8 Å². The number of morpholine rings is 1. The Morgan fingerprint density at radius 3 is 2.68 bits per heavy atom. The first-order valence-corrected chi connectivity index (χ1v) is 9.22. The van der Waals surface area contributed by atoms with Crippen LogP contribution in [0.1, 0.15) is 19.4 Å². The number of ether oxygens (including phenoxy) is 1. The molecule has 144 valence electrons. The maximum atomic E-state index is 12.6. The van der Waals surface area contributed by atoms with Gasteiger partial charge in [0.05, 0.1) is 36.4 Å². The van der Waals surface area contributed by atoms with Gasteiger partial charge in [0.15, 0.2) is 5.82 Å². The van der Waals surface area contributed by atoms with Crippen molar-refractivity contribution in [3.8, 4) is 11.9 Å².